The van der Waals surface area contributed by atoms with Crippen LogP contribution in [0.1, 0.15) is 70.6 Å². The van der Waals surface area contributed by atoms with Crippen LogP contribution in [-0.2, 0) is 4.79 Å². The Morgan fingerprint density at radius 3 is 1.95 bits per heavy atom. The van der Waals surface area contributed by atoms with Crippen LogP contribution >= 0.6 is 0 Å². The summed E-state index contributed by atoms with van der Waals surface area (Å²) in [5.74, 6) is 5.52. The van der Waals surface area contributed by atoms with E-state index in [1.165, 1.54) is 64.2 Å². The van der Waals surface area contributed by atoms with Gasteiger partial charge in [0, 0.05) is 12.3 Å². The van der Waals surface area contributed by atoms with Crippen molar-refractivity contribution in [1.29, 1.82) is 0 Å². The second-order valence-corrected chi connectivity index (χ2v) is 8.13. The van der Waals surface area contributed by atoms with Gasteiger partial charge in [-0.1, -0.05) is 32.1 Å². The van der Waals surface area contributed by atoms with Crippen LogP contribution in [0.4, 0.5) is 0 Å². The fourth-order valence-electron chi connectivity index (χ4n) is 6.26. The van der Waals surface area contributed by atoms with Gasteiger partial charge in [-0.25, -0.2) is 0 Å². The molecule has 5 fully saturated rings. The standard InChI is InChI=1S/C18H28O/c19-17(11-12-4-2-1-3-5-12)18-15-7-13-6-14(9-15)10-16(18)8-13/h12-16,18H,1-11H2. The predicted octanol–water partition coefficient (Wildman–Crippen LogP) is 4.60. The van der Waals surface area contributed by atoms with E-state index in [0.717, 1.165) is 36.0 Å². The molecule has 0 N–H and O–H groups in total. The molecule has 5 aliphatic rings. The molecule has 1 nitrogen and oxygen atoms in total. The molecule has 0 spiro atoms. The van der Waals surface area contributed by atoms with Crippen LogP contribution in [-0.4, -0.2) is 5.78 Å². The maximum Gasteiger partial charge on any atom is 0.136 e. The Bertz CT molecular complexity index is 325. The van der Waals surface area contributed by atoms with Crippen molar-refractivity contribution >= 4 is 5.78 Å². The van der Waals surface area contributed by atoms with Gasteiger partial charge in [0.2, 0.25) is 0 Å². The van der Waals surface area contributed by atoms with E-state index in [4.69, 9.17) is 0 Å². The van der Waals surface area contributed by atoms with E-state index in [-0.39, 0.29) is 0 Å². The normalized spacial score (nSPS) is 45.6. The molecule has 0 aromatic heterocycles. The Morgan fingerprint density at radius 1 is 0.789 bits per heavy atom. The van der Waals surface area contributed by atoms with Crippen LogP contribution in [0.15, 0.2) is 0 Å². The summed E-state index contributed by atoms with van der Waals surface area (Å²) >= 11 is 0. The van der Waals surface area contributed by atoms with Crippen molar-refractivity contribution in [2.24, 2.45) is 35.5 Å². The molecule has 0 aromatic carbocycles. The van der Waals surface area contributed by atoms with Crippen molar-refractivity contribution < 1.29 is 4.79 Å². The molecule has 4 bridgehead atoms. The van der Waals surface area contributed by atoms with Gasteiger partial charge in [0.15, 0.2) is 0 Å². The Kier molecular flexibility index (Phi) is 3.20. The van der Waals surface area contributed by atoms with Crippen molar-refractivity contribution in [3.8, 4) is 0 Å². The lowest BCUT2D eigenvalue weighted by Crippen LogP contribution is -2.48. The molecular weight excluding hydrogens is 232 g/mol. The predicted molar refractivity (Wildman–Crippen MR) is 76.7 cm³/mol. The van der Waals surface area contributed by atoms with Crippen molar-refractivity contribution in [2.45, 2.75) is 70.6 Å². The topological polar surface area (TPSA) is 17.1 Å². The highest BCUT2D eigenvalue weighted by Crippen LogP contribution is 2.57. The summed E-state index contributed by atoms with van der Waals surface area (Å²) in [6.45, 7) is 0. The van der Waals surface area contributed by atoms with Gasteiger partial charge in [-0.2, -0.15) is 0 Å². The monoisotopic (exact) mass is 260 g/mol. The maximum atomic E-state index is 12.8. The minimum atomic E-state index is 0.495. The number of carbonyl (C=O) groups is 1. The molecule has 5 aliphatic carbocycles. The Labute approximate surface area is 117 Å². The molecule has 5 saturated carbocycles. The molecule has 0 unspecified atom stereocenters. The fraction of sp³-hybridized carbons (Fsp3) is 0.944. The smallest absolute Gasteiger partial charge is 0.136 e. The highest BCUT2D eigenvalue weighted by Gasteiger charge is 2.50. The van der Waals surface area contributed by atoms with E-state index < -0.39 is 0 Å². The summed E-state index contributed by atoms with van der Waals surface area (Å²) in [4.78, 5) is 12.8. The summed E-state index contributed by atoms with van der Waals surface area (Å²) in [7, 11) is 0. The molecule has 0 amide bonds. The average Bonchev–Trinajstić information content (AvgIpc) is 2.38. The van der Waals surface area contributed by atoms with Gasteiger partial charge in [0.05, 0.1) is 0 Å². The van der Waals surface area contributed by atoms with E-state index in [2.05, 4.69) is 0 Å². The molecule has 19 heavy (non-hydrogen) atoms. The molecule has 1 heteroatoms. The Morgan fingerprint density at radius 2 is 1.37 bits per heavy atom. The minimum Gasteiger partial charge on any atom is -0.299 e. The lowest BCUT2D eigenvalue weighted by atomic mass is 9.51. The zero-order valence-electron chi connectivity index (χ0n) is 12.2. The molecular formula is C18H28O. The highest BCUT2D eigenvalue weighted by atomic mass is 16.1. The van der Waals surface area contributed by atoms with Crippen molar-refractivity contribution in [3.05, 3.63) is 0 Å². The summed E-state index contributed by atoms with van der Waals surface area (Å²) in [6, 6.07) is 0. The van der Waals surface area contributed by atoms with Gasteiger partial charge in [-0.15, -0.1) is 0 Å². The number of rotatable bonds is 3. The quantitative estimate of drug-likeness (QED) is 0.725. The summed E-state index contributed by atoms with van der Waals surface area (Å²) in [5.41, 5.74) is 0. The third-order valence-electron chi connectivity index (χ3n) is 6.81. The van der Waals surface area contributed by atoms with Crippen LogP contribution in [0.2, 0.25) is 0 Å². The second-order valence-electron chi connectivity index (χ2n) is 8.13. The van der Waals surface area contributed by atoms with Gasteiger partial charge in [0.25, 0.3) is 0 Å². The second kappa shape index (κ2) is 4.90. The first-order chi connectivity index (χ1) is 9.29. The van der Waals surface area contributed by atoms with Gasteiger partial charge in [-0.05, 0) is 61.7 Å². The van der Waals surface area contributed by atoms with Crippen molar-refractivity contribution in [2.75, 3.05) is 0 Å². The molecule has 5 rings (SSSR count). The minimum absolute atomic E-state index is 0.495. The summed E-state index contributed by atoms with van der Waals surface area (Å²) in [5, 5.41) is 0. The number of carbonyl (C=O) groups excluding carboxylic acids is 1. The molecule has 0 atom stereocenters. The zero-order chi connectivity index (χ0) is 12.8. The van der Waals surface area contributed by atoms with Crippen LogP contribution in [0.5, 0.6) is 0 Å². The fourth-order valence-corrected chi connectivity index (χ4v) is 6.26. The zero-order valence-corrected chi connectivity index (χ0v) is 12.2. The van der Waals surface area contributed by atoms with Gasteiger partial charge >= 0.3 is 0 Å². The lowest BCUT2D eigenvalue weighted by Gasteiger charge is -2.54. The summed E-state index contributed by atoms with van der Waals surface area (Å²) < 4.78 is 0. The largest absolute Gasteiger partial charge is 0.299 e. The third kappa shape index (κ3) is 2.28. The molecule has 0 heterocycles. The number of Topliss-reactive ketones (excluding diaryl/α,β-unsaturated/α-hetero) is 1. The summed E-state index contributed by atoms with van der Waals surface area (Å²) in [6.07, 6.45) is 14.8. The Hall–Kier alpha value is -0.330. The lowest BCUT2D eigenvalue weighted by molar-refractivity contribution is -0.137. The third-order valence-corrected chi connectivity index (χ3v) is 6.81. The number of ketones is 1. The first-order valence-corrected chi connectivity index (χ1v) is 8.82. The maximum absolute atomic E-state index is 12.8. The molecule has 0 saturated heterocycles. The average molecular weight is 260 g/mol. The van der Waals surface area contributed by atoms with E-state index in [9.17, 15) is 4.79 Å². The molecule has 0 radical (unpaired) electrons. The van der Waals surface area contributed by atoms with Gasteiger partial charge < -0.3 is 0 Å². The SMILES string of the molecule is O=C(CC1CCCCC1)C1C2CC3CC(C2)CC1C3. The first kappa shape index (κ1) is 12.4. The van der Waals surface area contributed by atoms with Crippen LogP contribution in [0, 0.1) is 35.5 Å². The molecule has 0 aliphatic heterocycles. The highest BCUT2D eigenvalue weighted by molar-refractivity contribution is 5.82. The van der Waals surface area contributed by atoms with Crippen LogP contribution in [0.25, 0.3) is 0 Å². The van der Waals surface area contributed by atoms with Crippen molar-refractivity contribution in [1.82, 2.24) is 0 Å². The number of hydrogen-bond acceptors (Lipinski definition) is 1. The first-order valence-electron chi connectivity index (χ1n) is 8.82. The Balaban J connectivity index is 1.42. The van der Waals surface area contributed by atoms with E-state index in [1.807, 2.05) is 0 Å². The van der Waals surface area contributed by atoms with Crippen LogP contribution in [0.3, 0.4) is 0 Å². The van der Waals surface area contributed by atoms with E-state index in [1.54, 1.807) is 0 Å². The van der Waals surface area contributed by atoms with Crippen molar-refractivity contribution in [3.63, 3.8) is 0 Å². The van der Waals surface area contributed by atoms with Gasteiger partial charge in [0.1, 0.15) is 5.78 Å². The van der Waals surface area contributed by atoms with E-state index >= 15 is 0 Å². The van der Waals surface area contributed by atoms with Crippen LogP contribution < -0.4 is 0 Å². The molecule has 0 aromatic rings. The van der Waals surface area contributed by atoms with Gasteiger partial charge in [-0.3, -0.25) is 4.79 Å². The van der Waals surface area contributed by atoms with E-state index in [0.29, 0.717) is 11.7 Å². The number of hydrogen-bond donors (Lipinski definition) is 0. The molecule has 106 valence electrons.